The van der Waals surface area contributed by atoms with Gasteiger partial charge in [0, 0.05) is 69.7 Å². The Bertz CT molecular complexity index is 1060. The van der Waals surface area contributed by atoms with Crippen LogP contribution in [0.25, 0.3) is 0 Å². The number of ether oxygens (including phenoxy) is 1. The summed E-state index contributed by atoms with van der Waals surface area (Å²) < 4.78 is 6.98. The van der Waals surface area contributed by atoms with Crippen LogP contribution in [0.1, 0.15) is 24.8 Å². The van der Waals surface area contributed by atoms with Gasteiger partial charge in [0.15, 0.2) is 0 Å². The molecular weight excluding hydrogens is 473 g/mol. The third kappa shape index (κ3) is 4.32. The lowest BCUT2D eigenvalue weighted by Crippen LogP contribution is -2.36. The van der Waals surface area contributed by atoms with Gasteiger partial charge in [-0.05, 0) is 54.2 Å². The van der Waals surface area contributed by atoms with Crippen molar-refractivity contribution in [1.82, 2.24) is 19.6 Å². The highest BCUT2D eigenvalue weighted by atomic mass is 35.5. The van der Waals surface area contributed by atoms with Gasteiger partial charge in [-0.2, -0.15) is 9.78 Å². The first-order valence-electron chi connectivity index (χ1n) is 12.3. The lowest BCUT2D eigenvalue weighted by Gasteiger charge is -2.34. The molecule has 2 aromatic rings. The van der Waals surface area contributed by atoms with Crippen LogP contribution in [-0.4, -0.2) is 78.1 Å². The van der Waals surface area contributed by atoms with Crippen molar-refractivity contribution in [3.8, 4) is 0 Å². The van der Waals surface area contributed by atoms with E-state index in [4.69, 9.17) is 27.9 Å². The molecule has 1 aromatic heterocycles. The van der Waals surface area contributed by atoms with E-state index < -0.39 is 0 Å². The minimum atomic E-state index is -0.0797. The fraction of sp³-hybridized carbons (Fsp3) is 0.600. The smallest absolute Gasteiger partial charge is 0.344 e. The van der Waals surface area contributed by atoms with E-state index >= 15 is 0 Å². The molecule has 2 unspecified atom stereocenters. The SMILES string of the molecule is O=C(N1CC2CN(Cc3ccc(Cl)cc3N3CCC4(CCOCC4)C3)CC2C1)n1cc(Cl)cn1. The van der Waals surface area contributed by atoms with E-state index in [1.165, 1.54) is 28.6 Å². The van der Waals surface area contributed by atoms with Crippen molar-refractivity contribution in [1.29, 1.82) is 0 Å². The summed E-state index contributed by atoms with van der Waals surface area (Å²) in [4.78, 5) is 19.8. The van der Waals surface area contributed by atoms with Crippen LogP contribution in [-0.2, 0) is 11.3 Å². The molecule has 4 aliphatic rings. The van der Waals surface area contributed by atoms with E-state index in [1.807, 2.05) is 11.0 Å². The van der Waals surface area contributed by atoms with Gasteiger partial charge in [-0.25, -0.2) is 4.79 Å². The number of hydrogen-bond acceptors (Lipinski definition) is 5. The first-order valence-corrected chi connectivity index (χ1v) is 13.1. The number of halogens is 2. The number of carbonyl (C=O) groups is 1. The third-order valence-electron chi connectivity index (χ3n) is 8.35. The highest BCUT2D eigenvalue weighted by Gasteiger charge is 2.43. The van der Waals surface area contributed by atoms with Crippen LogP contribution in [0.2, 0.25) is 10.0 Å². The fourth-order valence-electron chi connectivity index (χ4n) is 6.49. The number of likely N-dealkylation sites (tertiary alicyclic amines) is 2. The Balaban J connectivity index is 1.11. The van der Waals surface area contributed by atoms with Gasteiger partial charge in [0.05, 0.1) is 17.4 Å². The number of benzene rings is 1. The summed E-state index contributed by atoms with van der Waals surface area (Å²) in [6.07, 6.45) is 6.65. The summed E-state index contributed by atoms with van der Waals surface area (Å²) in [6.45, 7) is 8.48. The van der Waals surface area contributed by atoms with Crippen molar-refractivity contribution in [2.45, 2.75) is 25.8 Å². The zero-order chi connectivity index (χ0) is 23.3. The van der Waals surface area contributed by atoms with Gasteiger partial charge in [-0.15, -0.1) is 0 Å². The second-order valence-electron chi connectivity index (χ2n) is 10.6. The molecule has 1 amide bonds. The van der Waals surface area contributed by atoms with Crippen molar-refractivity contribution in [2.75, 3.05) is 57.4 Å². The van der Waals surface area contributed by atoms with Crippen LogP contribution in [0.4, 0.5) is 10.5 Å². The molecule has 182 valence electrons. The Kier molecular flexibility index (Phi) is 6.00. The molecule has 4 saturated heterocycles. The maximum Gasteiger partial charge on any atom is 0.344 e. The topological polar surface area (TPSA) is 53.8 Å². The largest absolute Gasteiger partial charge is 0.381 e. The van der Waals surface area contributed by atoms with E-state index in [1.54, 1.807) is 6.20 Å². The molecule has 34 heavy (non-hydrogen) atoms. The highest BCUT2D eigenvalue weighted by Crippen LogP contribution is 2.43. The fourth-order valence-corrected chi connectivity index (χ4v) is 6.79. The molecular formula is C25H31Cl2N5O2. The molecule has 4 fully saturated rings. The van der Waals surface area contributed by atoms with E-state index in [9.17, 15) is 4.79 Å². The Morgan fingerprint density at radius 1 is 1.06 bits per heavy atom. The first-order chi connectivity index (χ1) is 16.5. The minimum Gasteiger partial charge on any atom is -0.381 e. The van der Waals surface area contributed by atoms with E-state index in [0.717, 1.165) is 76.9 Å². The molecule has 1 spiro atoms. The molecule has 0 aliphatic carbocycles. The van der Waals surface area contributed by atoms with Crippen LogP contribution in [0.5, 0.6) is 0 Å². The molecule has 9 heteroatoms. The molecule has 0 saturated carbocycles. The molecule has 6 rings (SSSR count). The predicted molar refractivity (Wildman–Crippen MR) is 133 cm³/mol. The highest BCUT2D eigenvalue weighted by molar-refractivity contribution is 6.31. The summed E-state index contributed by atoms with van der Waals surface area (Å²) in [5.74, 6) is 1.01. The lowest BCUT2D eigenvalue weighted by molar-refractivity contribution is 0.0254. The summed E-state index contributed by atoms with van der Waals surface area (Å²) >= 11 is 12.4. The monoisotopic (exact) mass is 503 g/mol. The Morgan fingerprint density at radius 2 is 1.82 bits per heavy atom. The van der Waals surface area contributed by atoms with Crippen molar-refractivity contribution >= 4 is 34.9 Å². The van der Waals surface area contributed by atoms with Gasteiger partial charge in [0.1, 0.15) is 0 Å². The van der Waals surface area contributed by atoms with Gasteiger partial charge < -0.3 is 14.5 Å². The Morgan fingerprint density at radius 3 is 2.53 bits per heavy atom. The van der Waals surface area contributed by atoms with Crippen LogP contribution in [0, 0.1) is 17.3 Å². The van der Waals surface area contributed by atoms with Crippen molar-refractivity contribution in [3.63, 3.8) is 0 Å². The van der Waals surface area contributed by atoms with E-state index in [0.29, 0.717) is 22.3 Å². The third-order valence-corrected chi connectivity index (χ3v) is 8.78. The minimum absolute atomic E-state index is 0.0797. The van der Waals surface area contributed by atoms with Gasteiger partial charge in [0.25, 0.3) is 0 Å². The maximum absolute atomic E-state index is 12.7. The first kappa shape index (κ1) is 22.7. The Labute approximate surface area is 210 Å². The molecule has 7 nitrogen and oxygen atoms in total. The number of hydrogen-bond donors (Lipinski definition) is 0. The number of rotatable bonds is 3. The molecule has 5 heterocycles. The van der Waals surface area contributed by atoms with Gasteiger partial charge in [-0.3, -0.25) is 4.90 Å². The zero-order valence-corrected chi connectivity index (χ0v) is 20.8. The number of amides is 1. The number of fused-ring (bicyclic) bond motifs is 1. The quantitative estimate of drug-likeness (QED) is 0.627. The molecule has 1 aromatic carbocycles. The number of carbonyl (C=O) groups excluding carboxylic acids is 1. The van der Waals surface area contributed by atoms with E-state index in [-0.39, 0.29) is 6.03 Å². The summed E-state index contributed by atoms with van der Waals surface area (Å²) in [6, 6.07) is 6.30. The van der Waals surface area contributed by atoms with Crippen LogP contribution < -0.4 is 4.90 Å². The number of nitrogens with zero attached hydrogens (tertiary/aromatic N) is 5. The van der Waals surface area contributed by atoms with Crippen molar-refractivity contribution in [2.24, 2.45) is 17.3 Å². The molecule has 2 atom stereocenters. The average molecular weight is 504 g/mol. The second kappa shape index (κ2) is 9.01. The number of anilines is 1. The van der Waals surface area contributed by atoms with Crippen LogP contribution in [0.15, 0.2) is 30.6 Å². The summed E-state index contributed by atoms with van der Waals surface area (Å²) in [5.41, 5.74) is 3.05. The van der Waals surface area contributed by atoms with Gasteiger partial charge >= 0.3 is 6.03 Å². The van der Waals surface area contributed by atoms with E-state index in [2.05, 4.69) is 27.0 Å². The lowest BCUT2D eigenvalue weighted by atomic mass is 9.80. The average Bonchev–Trinajstić information content (AvgIpc) is 3.59. The van der Waals surface area contributed by atoms with Crippen molar-refractivity contribution < 1.29 is 9.53 Å². The normalized spacial score (nSPS) is 26.5. The maximum atomic E-state index is 12.7. The van der Waals surface area contributed by atoms with Crippen LogP contribution in [0.3, 0.4) is 0 Å². The predicted octanol–water partition coefficient (Wildman–Crippen LogP) is 4.23. The molecule has 0 bridgehead atoms. The second-order valence-corrected chi connectivity index (χ2v) is 11.4. The molecule has 0 radical (unpaired) electrons. The number of aromatic nitrogens is 2. The standard InChI is InChI=1S/C25H31Cl2N5O2/c26-21-2-1-18(23(9-21)30-6-3-25(17-30)4-7-34-8-5-25)11-29-12-19-14-31(15-20(19)13-29)24(33)32-16-22(27)10-28-32/h1-2,9-10,16,19-20H,3-8,11-15,17H2. The zero-order valence-electron chi connectivity index (χ0n) is 19.3. The Hall–Kier alpha value is -1.80. The summed E-state index contributed by atoms with van der Waals surface area (Å²) in [7, 11) is 0. The molecule has 0 N–H and O–H groups in total. The van der Waals surface area contributed by atoms with Crippen molar-refractivity contribution in [3.05, 3.63) is 46.2 Å². The molecule has 4 aliphatic heterocycles. The summed E-state index contributed by atoms with van der Waals surface area (Å²) in [5, 5.41) is 5.36. The van der Waals surface area contributed by atoms with Gasteiger partial charge in [-0.1, -0.05) is 29.3 Å². The van der Waals surface area contributed by atoms with Gasteiger partial charge in [0.2, 0.25) is 0 Å². The van der Waals surface area contributed by atoms with Crippen LogP contribution >= 0.6 is 23.2 Å².